The summed E-state index contributed by atoms with van der Waals surface area (Å²) in [6.07, 6.45) is 7.70. The van der Waals surface area contributed by atoms with Gasteiger partial charge in [-0.1, -0.05) is 35.7 Å². The average molecular weight is 282 g/mol. The molecule has 1 aliphatic carbocycles. The van der Waals surface area contributed by atoms with E-state index >= 15 is 0 Å². The predicted octanol–water partition coefficient (Wildman–Crippen LogP) is 4.68. The highest BCUT2D eigenvalue weighted by Gasteiger charge is 2.30. The lowest BCUT2D eigenvalue weighted by Gasteiger charge is -2.37. The SMILES string of the molecule is C#Cc1cccc(NC2CC(c3cccc(Cl)c3)C2)c1. The summed E-state index contributed by atoms with van der Waals surface area (Å²) < 4.78 is 0. The molecule has 0 bridgehead atoms. The first-order valence-electron chi connectivity index (χ1n) is 6.83. The highest BCUT2D eigenvalue weighted by atomic mass is 35.5. The molecular weight excluding hydrogens is 266 g/mol. The minimum Gasteiger partial charge on any atom is -0.382 e. The van der Waals surface area contributed by atoms with Gasteiger partial charge in [-0.3, -0.25) is 0 Å². The Hall–Kier alpha value is -1.91. The second-order valence-corrected chi connectivity index (χ2v) is 5.73. The summed E-state index contributed by atoms with van der Waals surface area (Å²) in [6, 6.07) is 16.7. The molecule has 2 aromatic rings. The van der Waals surface area contributed by atoms with Crippen LogP contribution < -0.4 is 5.32 Å². The molecule has 1 saturated carbocycles. The zero-order chi connectivity index (χ0) is 13.9. The number of hydrogen-bond donors (Lipinski definition) is 1. The third-order valence-corrected chi connectivity index (χ3v) is 4.09. The molecule has 2 heteroatoms. The van der Waals surface area contributed by atoms with Crippen molar-refractivity contribution in [2.24, 2.45) is 0 Å². The van der Waals surface area contributed by atoms with Gasteiger partial charge in [0.2, 0.25) is 0 Å². The van der Waals surface area contributed by atoms with Crippen LogP contribution in [0.4, 0.5) is 5.69 Å². The van der Waals surface area contributed by atoms with Gasteiger partial charge in [0.1, 0.15) is 0 Å². The number of hydrogen-bond acceptors (Lipinski definition) is 1. The first kappa shape index (κ1) is 13.1. The minimum absolute atomic E-state index is 0.520. The van der Waals surface area contributed by atoms with Gasteiger partial charge in [0.25, 0.3) is 0 Å². The molecule has 0 atom stereocenters. The van der Waals surface area contributed by atoms with Crippen LogP contribution in [0, 0.1) is 12.3 Å². The van der Waals surface area contributed by atoms with E-state index in [2.05, 4.69) is 29.4 Å². The van der Waals surface area contributed by atoms with Gasteiger partial charge in [-0.2, -0.15) is 0 Å². The van der Waals surface area contributed by atoms with Crippen LogP contribution in [-0.4, -0.2) is 6.04 Å². The number of halogens is 1. The fourth-order valence-corrected chi connectivity index (χ4v) is 2.90. The standard InChI is InChI=1S/C18H16ClN/c1-2-13-5-3-8-17(9-13)20-18-11-15(12-18)14-6-4-7-16(19)10-14/h1,3-10,15,18,20H,11-12H2. The van der Waals surface area contributed by atoms with E-state index in [1.165, 1.54) is 5.56 Å². The van der Waals surface area contributed by atoms with Crippen LogP contribution in [0.1, 0.15) is 29.9 Å². The lowest BCUT2D eigenvalue weighted by atomic mass is 9.76. The number of terminal acetylenes is 1. The largest absolute Gasteiger partial charge is 0.382 e. The van der Waals surface area contributed by atoms with Crippen molar-refractivity contribution in [3.05, 3.63) is 64.7 Å². The Morgan fingerprint density at radius 3 is 2.65 bits per heavy atom. The highest BCUT2D eigenvalue weighted by Crippen LogP contribution is 2.39. The molecule has 20 heavy (non-hydrogen) atoms. The Morgan fingerprint density at radius 2 is 1.90 bits per heavy atom. The van der Waals surface area contributed by atoms with E-state index in [-0.39, 0.29) is 0 Å². The summed E-state index contributed by atoms with van der Waals surface area (Å²) in [5.41, 5.74) is 3.36. The quantitative estimate of drug-likeness (QED) is 0.806. The van der Waals surface area contributed by atoms with Crippen molar-refractivity contribution in [3.8, 4) is 12.3 Å². The summed E-state index contributed by atoms with van der Waals surface area (Å²) >= 11 is 6.04. The maximum absolute atomic E-state index is 6.04. The lowest BCUT2D eigenvalue weighted by Crippen LogP contribution is -2.33. The molecule has 0 unspecified atom stereocenters. The van der Waals surface area contributed by atoms with Gasteiger partial charge in [0.05, 0.1) is 0 Å². The highest BCUT2D eigenvalue weighted by molar-refractivity contribution is 6.30. The topological polar surface area (TPSA) is 12.0 Å². The van der Waals surface area contributed by atoms with Crippen molar-refractivity contribution in [1.29, 1.82) is 0 Å². The predicted molar refractivity (Wildman–Crippen MR) is 85.2 cm³/mol. The zero-order valence-corrected chi connectivity index (χ0v) is 11.9. The van der Waals surface area contributed by atoms with Gasteiger partial charge < -0.3 is 5.32 Å². The van der Waals surface area contributed by atoms with Gasteiger partial charge in [-0.15, -0.1) is 6.42 Å². The van der Waals surface area contributed by atoms with Crippen LogP contribution in [-0.2, 0) is 0 Å². The molecule has 2 aromatic carbocycles. The molecule has 1 nitrogen and oxygen atoms in total. The molecule has 1 aliphatic rings. The summed E-state index contributed by atoms with van der Waals surface area (Å²) in [5.74, 6) is 3.28. The van der Waals surface area contributed by atoms with Gasteiger partial charge in [-0.25, -0.2) is 0 Å². The molecule has 0 saturated heterocycles. The molecule has 3 rings (SSSR count). The van der Waals surface area contributed by atoms with Crippen molar-refractivity contribution in [3.63, 3.8) is 0 Å². The van der Waals surface area contributed by atoms with Gasteiger partial charge in [0, 0.05) is 22.3 Å². The van der Waals surface area contributed by atoms with Crippen LogP contribution in [0.25, 0.3) is 0 Å². The summed E-state index contributed by atoms with van der Waals surface area (Å²) in [5, 5.41) is 4.36. The first-order valence-corrected chi connectivity index (χ1v) is 7.21. The lowest BCUT2D eigenvalue weighted by molar-refractivity contribution is 0.374. The van der Waals surface area contributed by atoms with Crippen molar-refractivity contribution >= 4 is 17.3 Å². The van der Waals surface area contributed by atoms with E-state index in [9.17, 15) is 0 Å². The van der Waals surface area contributed by atoms with Gasteiger partial charge in [0.15, 0.2) is 0 Å². The molecular formula is C18H16ClN. The van der Waals surface area contributed by atoms with E-state index in [4.69, 9.17) is 18.0 Å². The Morgan fingerprint density at radius 1 is 1.10 bits per heavy atom. The van der Waals surface area contributed by atoms with Crippen LogP contribution in [0.5, 0.6) is 0 Å². The van der Waals surface area contributed by atoms with Crippen LogP contribution >= 0.6 is 11.6 Å². The summed E-state index contributed by atoms with van der Waals surface area (Å²) in [6.45, 7) is 0. The maximum atomic E-state index is 6.04. The molecule has 0 heterocycles. The number of nitrogens with one attached hydrogen (secondary N) is 1. The van der Waals surface area contributed by atoms with Gasteiger partial charge >= 0.3 is 0 Å². The normalized spacial score (nSPS) is 20.8. The summed E-state index contributed by atoms with van der Waals surface area (Å²) in [4.78, 5) is 0. The third-order valence-electron chi connectivity index (χ3n) is 3.86. The first-order chi connectivity index (χ1) is 9.74. The minimum atomic E-state index is 0.520. The Labute approximate surface area is 125 Å². The molecule has 1 N–H and O–H groups in total. The number of anilines is 1. The van der Waals surface area contributed by atoms with E-state index < -0.39 is 0 Å². The molecule has 100 valence electrons. The monoisotopic (exact) mass is 281 g/mol. The molecule has 1 fully saturated rings. The molecule has 0 radical (unpaired) electrons. The van der Waals surface area contributed by atoms with E-state index in [0.717, 1.165) is 29.1 Å². The second-order valence-electron chi connectivity index (χ2n) is 5.29. The number of rotatable bonds is 3. The molecule has 0 aliphatic heterocycles. The van der Waals surface area contributed by atoms with Crippen molar-refractivity contribution < 1.29 is 0 Å². The van der Waals surface area contributed by atoms with Gasteiger partial charge in [-0.05, 0) is 54.7 Å². The average Bonchev–Trinajstić information content (AvgIpc) is 2.42. The van der Waals surface area contributed by atoms with Crippen molar-refractivity contribution in [2.75, 3.05) is 5.32 Å². The van der Waals surface area contributed by atoms with Crippen LogP contribution in [0.15, 0.2) is 48.5 Å². The fraction of sp³-hybridized carbons (Fsp3) is 0.222. The smallest absolute Gasteiger partial charge is 0.0408 e. The Kier molecular flexibility index (Phi) is 3.67. The molecule has 0 spiro atoms. The second kappa shape index (κ2) is 5.61. The van der Waals surface area contributed by atoms with Crippen LogP contribution in [0.2, 0.25) is 5.02 Å². The van der Waals surface area contributed by atoms with Crippen LogP contribution in [0.3, 0.4) is 0 Å². The number of benzene rings is 2. The van der Waals surface area contributed by atoms with E-state index in [0.29, 0.717) is 12.0 Å². The van der Waals surface area contributed by atoms with E-state index in [1.54, 1.807) is 0 Å². The summed E-state index contributed by atoms with van der Waals surface area (Å²) in [7, 11) is 0. The zero-order valence-electron chi connectivity index (χ0n) is 11.1. The maximum Gasteiger partial charge on any atom is 0.0408 e. The van der Waals surface area contributed by atoms with E-state index in [1.807, 2.05) is 30.3 Å². The molecule has 0 amide bonds. The Balaban J connectivity index is 1.59. The van der Waals surface area contributed by atoms with Crippen molar-refractivity contribution in [1.82, 2.24) is 0 Å². The fourth-order valence-electron chi connectivity index (χ4n) is 2.70. The Bertz CT molecular complexity index is 650. The third kappa shape index (κ3) is 2.81. The molecule has 0 aromatic heterocycles. The van der Waals surface area contributed by atoms with Crippen molar-refractivity contribution in [2.45, 2.75) is 24.8 Å².